The Morgan fingerprint density at radius 2 is 1.79 bits per heavy atom. The van der Waals surface area contributed by atoms with Gasteiger partial charge in [-0.1, -0.05) is 46.9 Å². The highest BCUT2D eigenvalue weighted by atomic mass is 35.5. The van der Waals surface area contributed by atoms with E-state index in [4.69, 9.17) is 44.3 Å². The first kappa shape index (κ1) is 30.5. The van der Waals surface area contributed by atoms with Gasteiger partial charge in [0.25, 0.3) is 0 Å². The highest BCUT2D eigenvalue weighted by molar-refractivity contribution is 7.99. The monoisotopic (exact) mass is 615 g/mol. The van der Waals surface area contributed by atoms with Gasteiger partial charge in [-0.2, -0.15) is 4.80 Å². The number of rotatable bonds is 14. The SMILES string of the molecule is COc1ccc(CCCCOC(=O)NC(CC(=O)O)C(=O)Cn2nnc(Sc3c(Cl)ccc(Cl)c3Cl)n2)cc1. The van der Waals surface area contributed by atoms with Gasteiger partial charge in [0.1, 0.15) is 18.3 Å². The summed E-state index contributed by atoms with van der Waals surface area (Å²) in [6.07, 6.45) is 0.597. The zero-order valence-electron chi connectivity index (χ0n) is 20.6. The van der Waals surface area contributed by atoms with Gasteiger partial charge in [0.2, 0.25) is 5.16 Å². The number of carbonyl (C=O) groups is 3. The maximum atomic E-state index is 12.7. The molecule has 1 heterocycles. The van der Waals surface area contributed by atoms with Crippen LogP contribution in [-0.2, 0) is 27.3 Å². The molecule has 0 aliphatic rings. The number of aryl methyl sites for hydroxylation is 1. The molecule has 0 aliphatic carbocycles. The van der Waals surface area contributed by atoms with Crippen LogP contribution in [0.15, 0.2) is 46.5 Å². The van der Waals surface area contributed by atoms with Crippen LogP contribution in [0.1, 0.15) is 24.8 Å². The van der Waals surface area contributed by atoms with E-state index >= 15 is 0 Å². The molecular formula is C24H24Cl3N5O6S. The molecule has 1 atom stereocenters. The molecule has 0 aliphatic heterocycles. The Labute approximate surface area is 243 Å². The summed E-state index contributed by atoms with van der Waals surface area (Å²) in [4.78, 5) is 37.6. The molecule has 3 aromatic rings. The van der Waals surface area contributed by atoms with E-state index in [-0.39, 0.29) is 21.8 Å². The van der Waals surface area contributed by atoms with Crippen LogP contribution >= 0.6 is 46.6 Å². The molecule has 3 rings (SSSR count). The number of aliphatic carboxylic acids is 1. The molecule has 0 saturated heterocycles. The second-order valence-corrected chi connectivity index (χ2v) is 10.2. The van der Waals surface area contributed by atoms with Crippen LogP contribution in [0.2, 0.25) is 15.1 Å². The minimum Gasteiger partial charge on any atom is -0.497 e. The number of methoxy groups -OCH3 is 1. The van der Waals surface area contributed by atoms with Crippen LogP contribution in [0.3, 0.4) is 0 Å². The first-order valence-corrected chi connectivity index (χ1v) is 13.5. The summed E-state index contributed by atoms with van der Waals surface area (Å²) in [5.74, 6) is -1.15. The molecule has 1 unspecified atom stereocenters. The molecule has 208 valence electrons. The number of carbonyl (C=O) groups excluding carboxylic acids is 2. The molecule has 1 amide bonds. The number of Topliss-reactive ketones (excluding diaryl/α,β-unsaturated/α-hetero) is 1. The Hall–Kier alpha value is -3.06. The Morgan fingerprint density at radius 1 is 1.08 bits per heavy atom. The van der Waals surface area contributed by atoms with E-state index in [1.165, 1.54) is 0 Å². The van der Waals surface area contributed by atoms with Crippen molar-refractivity contribution in [1.29, 1.82) is 0 Å². The van der Waals surface area contributed by atoms with Crippen LogP contribution in [0.25, 0.3) is 0 Å². The van der Waals surface area contributed by atoms with E-state index in [9.17, 15) is 19.5 Å². The highest BCUT2D eigenvalue weighted by Gasteiger charge is 2.25. The smallest absolute Gasteiger partial charge is 0.407 e. The third kappa shape index (κ3) is 9.57. The Bertz CT molecular complexity index is 1310. The van der Waals surface area contributed by atoms with E-state index in [1.54, 1.807) is 19.2 Å². The van der Waals surface area contributed by atoms with Crippen molar-refractivity contribution in [2.75, 3.05) is 13.7 Å². The van der Waals surface area contributed by atoms with Gasteiger partial charge in [0.05, 0.1) is 40.1 Å². The summed E-state index contributed by atoms with van der Waals surface area (Å²) in [5.41, 5.74) is 1.12. The summed E-state index contributed by atoms with van der Waals surface area (Å²) in [6.45, 7) is -0.333. The van der Waals surface area contributed by atoms with Crippen LogP contribution in [0, 0.1) is 0 Å². The van der Waals surface area contributed by atoms with Crippen molar-refractivity contribution in [1.82, 2.24) is 25.5 Å². The Kier molecular flexibility index (Phi) is 11.7. The molecular weight excluding hydrogens is 593 g/mol. The number of alkyl carbamates (subject to hydrolysis) is 1. The topological polar surface area (TPSA) is 146 Å². The van der Waals surface area contributed by atoms with Crippen molar-refractivity contribution in [2.45, 2.75) is 48.3 Å². The summed E-state index contributed by atoms with van der Waals surface area (Å²) < 4.78 is 10.3. The fraction of sp³-hybridized carbons (Fsp3) is 0.333. The number of carboxylic acids is 1. The molecule has 0 fully saturated rings. The molecule has 1 aromatic heterocycles. The van der Waals surface area contributed by atoms with Crippen molar-refractivity contribution >= 4 is 64.4 Å². The van der Waals surface area contributed by atoms with E-state index in [0.717, 1.165) is 40.7 Å². The first-order chi connectivity index (χ1) is 18.7. The third-order valence-electron chi connectivity index (χ3n) is 5.24. The summed E-state index contributed by atoms with van der Waals surface area (Å²) in [6, 6.07) is 9.42. The lowest BCUT2D eigenvalue weighted by Crippen LogP contribution is -2.44. The van der Waals surface area contributed by atoms with Crippen molar-refractivity contribution < 1.29 is 29.0 Å². The van der Waals surface area contributed by atoms with Crippen LogP contribution < -0.4 is 10.1 Å². The van der Waals surface area contributed by atoms with Crippen molar-refractivity contribution in [3.8, 4) is 5.75 Å². The first-order valence-electron chi connectivity index (χ1n) is 11.6. The number of aromatic nitrogens is 4. The van der Waals surface area contributed by atoms with Crippen LogP contribution in [0.4, 0.5) is 4.79 Å². The summed E-state index contributed by atoms with van der Waals surface area (Å²) in [7, 11) is 1.60. The minimum absolute atomic E-state index is 0.107. The number of nitrogens with one attached hydrogen (secondary N) is 1. The van der Waals surface area contributed by atoms with Crippen molar-refractivity contribution in [3.05, 3.63) is 57.0 Å². The van der Waals surface area contributed by atoms with Crippen molar-refractivity contribution in [3.63, 3.8) is 0 Å². The van der Waals surface area contributed by atoms with E-state index in [1.807, 2.05) is 24.3 Å². The van der Waals surface area contributed by atoms with Gasteiger partial charge < -0.3 is 19.9 Å². The Morgan fingerprint density at radius 3 is 2.49 bits per heavy atom. The molecule has 39 heavy (non-hydrogen) atoms. The van der Waals surface area contributed by atoms with Gasteiger partial charge in [0, 0.05) is 0 Å². The maximum Gasteiger partial charge on any atom is 0.407 e. The fourth-order valence-corrected chi connectivity index (χ4v) is 4.85. The van der Waals surface area contributed by atoms with Crippen molar-refractivity contribution in [2.24, 2.45) is 0 Å². The molecule has 0 saturated carbocycles. The van der Waals surface area contributed by atoms with Gasteiger partial charge in [-0.25, -0.2) is 4.79 Å². The van der Waals surface area contributed by atoms with E-state index < -0.39 is 36.9 Å². The molecule has 0 spiro atoms. The third-order valence-corrected chi connectivity index (χ3v) is 7.56. The largest absolute Gasteiger partial charge is 0.497 e. The lowest BCUT2D eigenvalue weighted by molar-refractivity contribution is -0.139. The number of unbranched alkanes of at least 4 members (excludes halogenated alkanes) is 1. The number of halogens is 3. The van der Waals surface area contributed by atoms with Crippen LogP contribution in [0.5, 0.6) is 5.75 Å². The minimum atomic E-state index is -1.35. The standard InChI is InChI=1S/C24H24Cl3N5O6S/c1-37-15-7-5-14(6-8-15)4-2-3-11-38-24(36)28-18(12-20(34)35)19(33)13-32-30-23(29-31-32)39-22-17(26)10-9-16(25)21(22)27/h5-10,18H,2-4,11-13H2,1H3,(H,28,36)(H,34,35). The quantitative estimate of drug-likeness (QED) is 0.188. The molecule has 15 heteroatoms. The molecule has 2 N–H and O–H groups in total. The highest BCUT2D eigenvalue weighted by Crippen LogP contribution is 2.40. The molecule has 11 nitrogen and oxygen atoms in total. The number of ether oxygens (including phenoxy) is 2. The average Bonchev–Trinajstić information content (AvgIpc) is 3.35. The maximum absolute atomic E-state index is 12.7. The molecule has 0 bridgehead atoms. The molecule has 0 radical (unpaired) electrons. The van der Waals surface area contributed by atoms with Gasteiger partial charge in [-0.15, -0.1) is 10.2 Å². The van der Waals surface area contributed by atoms with Gasteiger partial charge >= 0.3 is 12.1 Å². The van der Waals surface area contributed by atoms with Gasteiger partial charge in [-0.3, -0.25) is 9.59 Å². The summed E-state index contributed by atoms with van der Waals surface area (Å²) >= 11 is 19.4. The second-order valence-electron chi connectivity index (χ2n) is 8.08. The lowest BCUT2D eigenvalue weighted by atomic mass is 10.1. The number of hydrogen-bond donors (Lipinski definition) is 2. The average molecular weight is 617 g/mol. The van der Waals surface area contributed by atoms with E-state index in [0.29, 0.717) is 16.3 Å². The predicted molar refractivity (Wildman–Crippen MR) is 145 cm³/mol. The Balaban J connectivity index is 1.48. The fourth-order valence-electron chi connectivity index (χ4n) is 3.27. The second kappa shape index (κ2) is 14.9. The lowest BCUT2D eigenvalue weighted by Gasteiger charge is -2.15. The number of hydrogen-bond acceptors (Lipinski definition) is 9. The zero-order chi connectivity index (χ0) is 28.4. The number of amides is 1. The van der Waals surface area contributed by atoms with Crippen LogP contribution in [-0.4, -0.2) is 62.9 Å². The van der Waals surface area contributed by atoms with Gasteiger partial charge in [-0.05, 0) is 66.1 Å². The number of nitrogens with zero attached hydrogens (tertiary/aromatic N) is 4. The summed E-state index contributed by atoms with van der Waals surface area (Å²) in [5, 5.41) is 24.2. The zero-order valence-corrected chi connectivity index (χ0v) is 23.7. The van der Waals surface area contributed by atoms with E-state index in [2.05, 4.69) is 20.7 Å². The normalized spacial score (nSPS) is 11.6. The number of benzene rings is 2. The number of tetrazole rings is 1. The number of ketones is 1. The van der Waals surface area contributed by atoms with Gasteiger partial charge in [0.15, 0.2) is 5.78 Å². The predicted octanol–water partition coefficient (Wildman–Crippen LogP) is 4.95. The molecule has 2 aromatic carbocycles. The number of carboxylic acid groups (broad SMARTS) is 1.